The third kappa shape index (κ3) is 5.68. The van der Waals surface area contributed by atoms with E-state index in [2.05, 4.69) is 27.8 Å². The molecule has 7 nitrogen and oxygen atoms in total. The van der Waals surface area contributed by atoms with E-state index in [-0.39, 0.29) is 6.61 Å². The highest BCUT2D eigenvalue weighted by molar-refractivity contribution is 6.35. The van der Waals surface area contributed by atoms with Crippen LogP contribution in [0.3, 0.4) is 0 Å². The molecule has 0 saturated carbocycles. The van der Waals surface area contributed by atoms with Gasteiger partial charge in [0.15, 0.2) is 11.5 Å². The lowest BCUT2D eigenvalue weighted by atomic mass is 10.2. The minimum absolute atomic E-state index is 0.256. The van der Waals surface area contributed by atoms with Crippen LogP contribution in [0.5, 0.6) is 11.5 Å². The molecule has 160 valence electrons. The number of hydrogen-bond donors (Lipinski definition) is 1. The third-order valence-corrected chi connectivity index (χ3v) is 5.36. The first-order valence-electron chi connectivity index (χ1n) is 9.45. The van der Waals surface area contributed by atoms with Crippen LogP contribution >= 0.6 is 34.8 Å². The Morgan fingerprint density at radius 2 is 1.83 bits per heavy atom. The highest BCUT2D eigenvalue weighted by atomic mass is 35.5. The van der Waals surface area contributed by atoms with E-state index in [9.17, 15) is 0 Å². The second-order valence-electron chi connectivity index (χ2n) is 6.55. The molecule has 0 saturated heterocycles. The Labute approximate surface area is 190 Å². The molecule has 2 aromatic carbocycles. The van der Waals surface area contributed by atoms with Crippen molar-refractivity contribution in [3.63, 3.8) is 0 Å². The quantitative estimate of drug-likeness (QED) is 0.414. The van der Waals surface area contributed by atoms with Gasteiger partial charge in [0.1, 0.15) is 6.61 Å². The van der Waals surface area contributed by atoms with Crippen LogP contribution in [0.25, 0.3) is 0 Å². The molecule has 0 aliphatic carbocycles. The van der Waals surface area contributed by atoms with Gasteiger partial charge in [-0.15, -0.1) is 0 Å². The van der Waals surface area contributed by atoms with Gasteiger partial charge in [0.2, 0.25) is 5.95 Å². The van der Waals surface area contributed by atoms with Gasteiger partial charge in [-0.05, 0) is 40.6 Å². The van der Waals surface area contributed by atoms with Gasteiger partial charge in [-0.3, -0.25) is 0 Å². The first-order chi connectivity index (χ1) is 14.5. The first-order valence-corrected chi connectivity index (χ1v) is 10.6. The normalized spacial score (nSPS) is 10.8. The van der Waals surface area contributed by atoms with Crippen LogP contribution < -0.4 is 14.8 Å². The van der Waals surface area contributed by atoms with Gasteiger partial charge in [0.05, 0.1) is 7.11 Å². The Balaban J connectivity index is 1.70. The molecule has 0 radical (unpaired) electrons. The Hall–Kier alpha value is -2.22. The molecular weight excluding hydrogens is 449 g/mol. The second-order valence-corrected chi connectivity index (χ2v) is 7.80. The van der Waals surface area contributed by atoms with Crippen molar-refractivity contribution in [2.24, 2.45) is 0 Å². The third-order valence-electron chi connectivity index (χ3n) is 4.42. The largest absolute Gasteiger partial charge is 0.493 e. The lowest BCUT2D eigenvalue weighted by molar-refractivity contribution is 0.284. The molecule has 0 fully saturated rings. The van der Waals surface area contributed by atoms with E-state index in [1.54, 1.807) is 30.0 Å². The van der Waals surface area contributed by atoms with Crippen LogP contribution in [0.4, 0.5) is 5.95 Å². The molecule has 0 aliphatic rings. The van der Waals surface area contributed by atoms with Gasteiger partial charge in [0.25, 0.3) is 0 Å². The summed E-state index contributed by atoms with van der Waals surface area (Å²) < 4.78 is 13.1. The van der Waals surface area contributed by atoms with Crippen molar-refractivity contribution in [1.82, 2.24) is 20.2 Å². The van der Waals surface area contributed by atoms with Crippen LogP contribution in [-0.2, 0) is 19.7 Å². The molecule has 1 heterocycles. The van der Waals surface area contributed by atoms with Crippen molar-refractivity contribution in [1.29, 1.82) is 0 Å². The standard InChI is InChI=1S/C20H22Cl3N5O2/c1-3-4-7-28-20(25-26-27-28)24-11-14-8-18(29-2)19(10-17(14)23)30-12-13-5-6-15(21)9-16(13)22/h5-6,8-10H,3-4,7,11-12H2,1-2H3,(H,24,25,27). The molecule has 30 heavy (non-hydrogen) atoms. The van der Waals surface area contributed by atoms with Gasteiger partial charge in [0, 0.05) is 39.8 Å². The minimum Gasteiger partial charge on any atom is -0.493 e. The number of tetrazole rings is 1. The van der Waals surface area contributed by atoms with E-state index in [0.717, 1.165) is 30.5 Å². The number of ether oxygens (including phenoxy) is 2. The second kappa shape index (κ2) is 10.7. The van der Waals surface area contributed by atoms with Crippen LogP contribution in [0, 0.1) is 0 Å². The van der Waals surface area contributed by atoms with Gasteiger partial charge < -0.3 is 14.8 Å². The van der Waals surface area contributed by atoms with E-state index >= 15 is 0 Å². The number of methoxy groups -OCH3 is 1. The summed E-state index contributed by atoms with van der Waals surface area (Å²) >= 11 is 18.6. The molecule has 0 amide bonds. The van der Waals surface area contributed by atoms with Gasteiger partial charge >= 0.3 is 0 Å². The molecular formula is C20H22Cl3N5O2. The molecule has 3 rings (SSSR count). The number of aromatic nitrogens is 4. The van der Waals surface area contributed by atoms with Crippen LogP contribution in [0.2, 0.25) is 15.1 Å². The van der Waals surface area contributed by atoms with E-state index in [0.29, 0.717) is 39.1 Å². The Bertz CT molecular complexity index is 997. The molecule has 0 bridgehead atoms. The SMILES string of the molecule is CCCCn1nnnc1NCc1cc(OC)c(OCc2ccc(Cl)cc2Cl)cc1Cl. The van der Waals surface area contributed by atoms with Gasteiger partial charge in [-0.25, -0.2) is 4.68 Å². The summed E-state index contributed by atoms with van der Waals surface area (Å²) in [6.07, 6.45) is 2.06. The van der Waals surface area contributed by atoms with Crippen molar-refractivity contribution in [3.8, 4) is 11.5 Å². The number of aryl methyl sites for hydroxylation is 1. The van der Waals surface area contributed by atoms with Crippen LogP contribution in [0.1, 0.15) is 30.9 Å². The summed E-state index contributed by atoms with van der Waals surface area (Å²) in [4.78, 5) is 0. The molecule has 1 N–H and O–H groups in total. The number of unbranched alkanes of at least 4 members (excludes halogenated alkanes) is 1. The zero-order chi connectivity index (χ0) is 21.5. The van der Waals surface area contributed by atoms with Crippen molar-refractivity contribution < 1.29 is 9.47 Å². The molecule has 0 spiro atoms. The molecule has 0 unspecified atom stereocenters. The summed E-state index contributed by atoms with van der Waals surface area (Å²) in [5.41, 5.74) is 1.64. The van der Waals surface area contributed by atoms with E-state index in [4.69, 9.17) is 44.3 Å². The fraction of sp³-hybridized carbons (Fsp3) is 0.350. The van der Waals surface area contributed by atoms with Crippen LogP contribution in [0.15, 0.2) is 30.3 Å². The molecule has 3 aromatic rings. The fourth-order valence-electron chi connectivity index (χ4n) is 2.74. The van der Waals surface area contributed by atoms with Crippen molar-refractivity contribution in [3.05, 3.63) is 56.5 Å². The number of nitrogens with one attached hydrogen (secondary N) is 1. The predicted octanol–water partition coefficient (Wildman–Crippen LogP) is 5.63. The number of halogens is 3. The number of rotatable bonds is 10. The van der Waals surface area contributed by atoms with E-state index in [1.807, 2.05) is 12.1 Å². The maximum absolute atomic E-state index is 6.48. The molecule has 10 heteroatoms. The van der Waals surface area contributed by atoms with Gasteiger partial charge in [-0.1, -0.05) is 59.3 Å². The Morgan fingerprint density at radius 1 is 1.03 bits per heavy atom. The molecule has 1 aromatic heterocycles. The number of anilines is 1. The highest BCUT2D eigenvalue weighted by Crippen LogP contribution is 2.34. The maximum atomic E-state index is 6.48. The molecule has 0 atom stereocenters. The average Bonchev–Trinajstić information content (AvgIpc) is 3.18. The van der Waals surface area contributed by atoms with Crippen molar-refractivity contribution >= 4 is 40.8 Å². The van der Waals surface area contributed by atoms with Gasteiger partial charge in [-0.2, -0.15) is 0 Å². The monoisotopic (exact) mass is 469 g/mol. The summed E-state index contributed by atoms with van der Waals surface area (Å²) in [5, 5.41) is 16.6. The van der Waals surface area contributed by atoms with E-state index < -0.39 is 0 Å². The zero-order valence-corrected chi connectivity index (χ0v) is 18.9. The smallest absolute Gasteiger partial charge is 0.243 e. The first kappa shape index (κ1) is 22.5. The lowest BCUT2D eigenvalue weighted by Crippen LogP contribution is -2.09. The highest BCUT2D eigenvalue weighted by Gasteiger charge is 2.13. The summed E-state index contributed by atoms with van der Waals surface area (Å²) in [7, 11) is 1.58. The average molecular weight is 471 g/mol. The maximum Gasteiger partial charge on any atom is 0.243 e. The van der Waals surface area contributed by atoms with E-state index in [1.165, 1.54) is 0 Å². The number of benzene rings is 2. The Morgan fingerprint density at radius 3 is 2.57 bits per heavy atom. The lowest BCUT2D eigenvalue weighted by Gasteiger charge is -2.15. The fourth-order valence-corrected chi connectivity index (χ4v) is 3.43. The topological polar surface area (TPSA) is 74.1 Å². The summed E-state index contributed by atoms with van der Waals surface area (Å²) in [5.74, 6) is 1.67. The summed E-state index contributed by atoms with van der Waals surface area (Å²) in [6, 6.07) is 8.81. The zero-order valence-electron chi connectivity index (χ0n) is 16.7. The minimum atomic E-state index is 0.256. The Kier molecular flexibility index (Phi) is 8.01. The molecule has 0 aliphatic heterocycles. The van der Waals surface area contributed by atoms with Crippen LogP contribution in [-0.4, -0.2) is 27.3 Å². The number of hydrogen-bond acceptors (Lipinski definition) is 6. The summed E-state index contributed by atoms with van der Waals surface area (Å²) in [6.45, 7) is 3.56. The van der Waals surface area contributed by atoms with Crippen molar-refractivity contribution in [2.75, 3.05) is 12.4 Å². The number of nitrogens with zero attached hydrogens (tertiary/aromatic N) is 4. The van der Waals surface area contributed by atoms with Crippen molar-refractivity contribution in [2.45, 2.75) is 39.5 Å². The predicted molar refractivity (Wildman–Crippen MR) is 119 cm³/mol.